The first-order chi connectivity index (χ1) is 8.54. The third kappa shape index (κ3) is 2.35. The van der Waals surface area contributed by atoms with Gasteiger partial charge in [0.05, 0.1) is 24.9 Å². The zero-order valence-corrected chi connectivity index (χ0v) is 9.63. The predicted molar refractivity (Wildman–Crippen MR) is 57.8 cm³/mol. The van der Waals surface area contributed by atoms with Gasteiger partial charge >= 0.3 is 6.18 Å². The van der Waals surface area contributed by atoms with Crippen LogP contribution in [0.25, 0.3) is 0 Å². The highest BCUT2D eigenvalue weighted by molar-refractivity contribution is 5.29. The summed E-state index contributed by atoms with van der Waals surface area (Å²) in [5.74, 6) is 0. The van der Waals surface area contributed by atoms with E-state index >= 15 is 0 Å². The molecule has 0 saturated heterocycles. The third-order valence-corrected chi connectivity index (χ3v) is 3.21. The maximum Gasteiger partial charge on any atom is 0.433 e. The predicted octanol–water partition coefficient (Wildman–Crippen LogP) is 2.42. The molecular weight excluding hydrogens is 245 g/mol. The molecule has 0 bridgehead atoms. The maximum atomic E-state index is 12.6. The highest BCUT2D eigenvalue weighted by Crippen LogP contribution is 2.32. The van der Waals surface area contributed by atoms with Crippen LogP contribution in [-0.4, -0.2) is 17.6 Å². The van der Waals surface area contributed by atoms with Crippen LogP contribution >= 0.6 is 0 Å². The lowest BCUT2D eigenvalue weighted by molar-refractivity contribution is -0.141. The summed E-state index contributed by atoms with van der Waals surface area (Å²) in [5, 5.41) is 3.36. The quantitative estimate of drug-likeness (QED) is 0.884. The van der Waals surface area contributed by atoms with Gasteiger partial charge in [-0.15, -0.1) is 0 Å². The lowest BCUT2D eigenvalue weighted by atomic mass is 10.0. The second kappa shape index (κ2) is 4.20. The van der Waals surface area contributed by atoms with E-state index in [-0.39, 0.29) is 12.6 Å². The SMILES string of the molecule is FC(F)(F)c1ccc2c(n1)COC[C@H]2NC1CC1. The van der Waals surface area contributed by atoms with Crippen molar-refractivity contribution in [3.63, 3.8) is 0 Å². The van der Waals surface area contributed by atoms with Gasteiger partial charge in [-0.05, 0) is 24.5 Å². The lowest BCUT2D eigenvalue weighted by Crippen LogP contribution is -2.32. The highest BCUT2D eigenvalue weighted by atomic mass is 19.4. The molecule has 1 aromatic rings. The standard InChI is InChI=1S/C12H13F3N2O/c13-12(14,15)11-4-3-8-9(16-7-1-2-7)5-18-6-10(8)17-11/h3-4,7,9,16H,1-2,5-6H2/t9-/m1/s1. The van der Waals surface area contributed by atoms with E-state index in [2.05, 4.69) is 10.3 Å². The molecular formula is C12H13F3N2O. The zero-order chi connectivity index (χ0) is 12.8. The summed E-state index contributed by atoms with van der Waals surface area (Å²) in [5.41, 5.74) is 0.382. The molecule has 1 aliphatic heterocycles. The molecule has 1 fully saturated rings. The van der Waals surface area contributed by atoms with Crippen molar-refractivity contribution in [2.45, 2.75) is 37.7 Å². The van der Waals surface area contributed by atoms with E-state index in [4.69, 9.17) is 4.74 Å². The molecule has 98 valence electrons. The fourth-order valence-corrected chi connectivity index (χ4v) is 2.14. The van der Waals surface area contributed by atoms with Gasteiger partial charge in [-0.2, -0.15) is 13.2 Å². The third-order valence-electron chi connectivity index (χ3n) is 3.21. The molecule has 1 N–H and O–H groups in total. The van der Waals surface area contributed by atoms with Crippen LogP contribution in [0.1, 0.15) is 35.8 Å². The molecule has 0 spiro atoms. The number of rotatable bonds is 2. The highest BCUT2D eigenvalue weighted by Gasteiger charge is 2.35. The number of ether oxygens (including phenoxy) is 1. The first kappa shape index (κ1) is 11.9. The molecule has 18 heavy (non-hydrogen) atoms. The average molecular weight is 258 g/mol. The minimum Gasteiger partial charge on any atom is -0.373 e. The van der Waals surface area contributed by atoms with E-state index in [9.17, 15) is 13.2 Å². The van der Waals surface area contributed by atoms with Gasteiger partial charge in [-0.1, -0.05) is 6.07 Å². The number of nitrogens with zero attached hydrogens (tertiary/aromatic N) is 1. The Morgan fingerprint density at radius 1 is 1.28 bits per heavy atom. The molecule has 1 saturated carbocycles. The van der Waals surface area contributed by atoms with Crippen molar-refractivity contribution in [2.24, 2.45) is 0 Å². The average Bonchev–Trinajstić information content (AvgIpc) is 3.11. The Morgan fingerprint density at radius 2 is 2.06 bits per heavy atom. The van der Waals surface area contributed by atoms with Crippen LogP contribution in [-0.2, 0) is 17.5 Å². The van der Waals surface area contributed by atoms with Crippen LogP contribution in [0.2, 0.25) is 0 Å². The first-order valence-electron chi connectivity index (χ1n) is 5.95. The van der Waals surface area contributed by atoms with Crippen molar-refractivity contribution in [3.05, 3.63) is 29.1 Å². The van der Waals surface area contributed by atoms with Crippen LogP contribution in [0, 0.1) is 0 Å². The fraction of sp³-hybridized carbons (Fsp3) is 0.583. The number of hydrogen-bond donors (Lipinski definition) is 1. The molecule has 6 heteroatoms. The van der Waals surface area contributed by atoms with E-state index < -0.39 is 11.9 Å². The summed E-state index contributed by atoms with van der Waals surface area (Å²) >= 11 is 0. The van der Waals surface area contributed by atoms with E-state index in [1.807, 2.05) is 0 Å². The Labute approximate surface area is 102 Å². The second-order valence-corrected chi connectivity index (χ2v) is 4.74. The Balaban J connectivity index is 1.88. The van der Waals surface area contributed by atoms with Crippen molar-refractivity contribution in [3.8, 4) is 0 Å². The normalized spacial score (nSPS) is 23.8. The molecule has 0 unspecified atom stereocenters. The van der Waals surface area contributed by atoms with E-state index in [0.29, 0.717) is 18.3 Å². The molecule has 3 nitrogen and oxygen atoms in total. The van der Waals surface area contributed by atoms with Gasteiger partial charge in [0.1, 0.15) is 5.69 Å². The van der Waals surface area contributed by atoms with Gasteiger partial charge in [-0.25, -0.2) is 4.98 Å². The van der Waals surface area contributed by atoms with E-state index in [0.717, 1.165) is 24.5 Å². The molecule has 0 amide bonds. The maximum absolute atomic E-state index is 12.6. The largest absolute Gasteiger partial charge is 0.433 e. The number of aromatic nitrogens is 1. The summed E-state index contributed by atoms with van der Waals surface area (Å²) in [6.07, 6.45) is -2.15. The Bertz CT molecular complexity index is 457. The summed E-state index contributed by atoms with van der Waals surface area (Å²) < 4.78 is 43.0. The number of alkyl halides is 3. The Kier molecular flexibility index (Phi) is 2.79. The van der Waals surface area contributed by atoms with Crippen LogP contribution in [0.15, 0.2) is 12.1 Å². The second-order valence-electron chi connectivity index (χ2n) is 4.74. The molecule has 1 aromatic heterocycles. The fourth-order valence-electron chi connectivity index (χ4n) is 2.14. The van der Waals surface area contributed by atoms with E-state index in [1.54, 1.807) is 0 Å². The van der Waals surface area contributed by atoms with Crippen molar-refractivity contribution in [1.82, 2.24) is 10.3 Å². The van der Waals surface area contributed by atoms with Crippen molar-refractivity contribution in [2.75, 3.05) is 6.61 Å². The summed E-state index contributed by atoms with van der Waals surface area (Å²) in [6, 6.07) is 3.02. The molecule has 1 atom stereocenters. The Morgan fingerprint density at radius 3 is 2.72 bits per heavy atom. The lowest BCUT2D eigenvalue weighted by Gasteiger charge is -2.26. The number of nitrogens with one attached hydrogen (secondary N) is 1. The monoisotopic (exact) mass is 258 g/mol. The number of hydrogen-bond acceptors (Lipinski definition) is 3. The minimum absolute atomic E-state index is 0.0315. The van der Waals surface area contributed by atoms with Gasteiger partial charge in [0.2, 0.25) is 0 Å². The van der Waals surface area contributed by atoms with Gasteiger partial charge < -0.3 is 10.1 Å². The smallest absolute Gasteiger partial charge is 0.373 e. The van der Waals surface area contributed by atoms with Crippen LogP contribution < -0.4 is 5.32 Å². The Hall–Kier alpha value is -1.14. The van der Waals surface area contributed by atoms with Crippen molar-refractivity contribution >= 4 is 0 Å². The molecule has 2 heterocycles. The number of pyridine rings is 1. The molecule has 0 radical (unpaired) electrons. The van der Waals surface area contributed by atoms with Gasteiger partial charge in [0, 0.05) is 6.04 Å². The van der Waals surface area contributed by atoms with Crippen molar-refractivity contribution in [1.29, 1.82) is 0 Å². The summed E-state index contributed by atoms with van der Waals surface area (Å²) in [4.78, 5) is 3.67. The van der Waals surface area contributed by atoms with Gasteiger partial charge in [0.15, 0.2) is 0 Å². The molecule has 2 aliphatic rings. The molecule has 0 aromatic carbocycles. The first-order valence-corrected chi connectivity index (χ1v) is 5.95. The summed E-state index contributed by atoms with van der Waals surface area (Å²) in [7, 11) is 0. The van der Waals surface area contributed by atoms with Gasteiger partial charge in [0.25, 0.3) is 0 Å². The summed E-state index contributed by atoms with van der Waals surface area (Å²) in [6.45, 7) is 0.651. The van der Waals surface area contributed by atoms with Gasteiger partial charge in [-0.3, -0.25) is 0 Å². The van der Waals surface area contributed by atoms with Crippen LogP contribution in [0.4, 0.5) is 13.2 Å². The molecule has 1 aliphatic carbocycles. The van der Waals surface area contributed by atoms with Crippen molar-refractivity contribution < 1.29 is 17.9 Å². The molecule has 3 rings (SSSR count). The number of halogens is 3. The topological polar surface area (TPSA) is 34.1 Å². The van der Waals surface area contributed by atoms with Crippen LogP contribution in [0.3, 0.4) is 0 Å². The zero-order valence-electron chi connectivity index (χ0n) is 9.63. The number of fused-ring (bicyclic) bond motifs is 1. The minimum atomic E-state index is -4.40. The van der Waals surface area contributed by atoms with E-state index in [1.165, 1.54) is 6.07 Å². The van der Waals surface area contributed by atoms with Crippen LogP contribution in [0.5, 0.6) is 0 Å².